The van der Waals surface area contributed by atoms with Gasteiger partial charge >= 0.3 is 0 Å². The fraction of sp³-hybridized carbons (Fsp3) is 0.231. The molecule has 21 heavy (non-hydrogen) atoms. The molecular formula is C13H15N7S. The van der Waals surface area contributed by atoms with Crippen molar-refractivity contribution in [2.45, 2.75) is 19.5 Å². The molecule has 3 N–H and O–H groups in total. The van der Waals surface area contributed by atoms with Gasteiger partial charge in [-0.25, -0.2) is 19.9 Å². The van der Waals surface area contributed by atoms with Crippen molar-refractivity contribution in [2.24, 2.45) is 0 Å². The molecule has 3 aromatic rings. The molecule has 0 atom stereocenters. The zero-order chi connectivity index (χ0) is 14.9. The highest BCUT2D eigenvalue weighted by molar-refractivity contribution is 7.18. The number of nitrogen functional groups attached to an aromatic ring is 1. The van der Waals surface area contributed by atoms with Gasteiger partial charge in [0.2, 0.25) is 0 Å². The van der Waals surface area contributed by atoms with Crippen LogP contribution >= 0.6 is 11.3 Å². The quantitative estimate of drug-likeness (QED) is 0.767. The second-order valence-electron chi connectivity index (χ2n) is 4.98. The van der Waals surface area contributed by atoms with Gasteiger partial charge < -0.3 is 15.6 Å². The summed E-state index contributed by atoms with van der Waals surface area (Å²) in [5, 5.41) is 3.87. The van der Waals surface area contributed by atoms with Crippen LogP contribution in [-0.2, 0) is 5.66 Å². The smallest absolute Gasteiger partial charge is 0.180 e. The van der Waals surface area contributed by atoms with E-state index in [9.17, 15) is 0 Å². The minimum absolute atomic E-state index is 0.352. The fourth-order valence-electron chi connectivity index (χ4n) is 1.91. The average Bonchev–Trinajstić information content (AvgIpc) is 3.09. The molecule has 0 aliphatic heterocycles. The lowest BCUT2D eigenvalue weighted by Gasteiger charge is -2.28. The van der Waals surface area contributed by atoms with Crippen LogP contribution in [0.1, 0.15) is 13.8 Å². The maximum absolute atomic E-state index is 5.65. The number of aromatic nitrogens is 5. The standard InChI is InChI=1S/C13H15N7S/c1-13(2,20-6-5-15-8-20)19-10-3-4-16-11(18-10)9-7-17-12(14)21-9/h3-8H,1-2H3,(H2,14,17)(H,16,18,19). The van der Waals surface area contributed by atoms with Crippen molar-refractivity contribution in [3.63, 3.8) is 0 Å². The Morgan fingerprint density at radius 2 is 2.14 bits per heavy atom. The predicted octanol–water partition coefficient (Wildman–Crippen LogP) is 2.18. The lowest BCUT2D eigenvalue weighted by atomic mass is 10.2. The lowest BCUT2D eigenvalue weighted by molar-refractivity contribution is 0.410. The van der Waals surface area contributed by atoms with E-state index in [2.05, 4.69) is 25.3 Å². The molecule has 7 nitrogen and oxygen atoms in total. The van der Waals surface area contributed by atoms with E-state index >= 15 is 0 Å². The first-order chi connectivity index (χ1) is 10.0. The number of hydrogen-bond acceptors (Lipinski definition) is 7. The summed E-state index contributed by atoms with van der Waals surface area (Å²) in [6.45, 7) is 4.09. The van der Waals surface area contributed by atoms with Gasteiger partial charge in [0.25, 0.3) is 0 Å². The zero-order valence-electron chi connectivity index (χ0n) is 11.7. The lowest BCUT2D eigenvalue weighted by Crippen LogP contribution is -2.34. The summed E-state index contributed by atoms with van der Waals surface area (Å²) >= 11 is 1.36. The van der Waals surface area contributed by atoms with E-state index in [-0.39, 0.29) is 5.66 Å². The van der Waals surface area contributed by atoms with Crippen LogP contribution in [0.4, 0.5) is 10.9 Å². The molecule has 0 unspecified atom stereocenters. The van der Waals surface area contributed by atoms with Crippen molar-refractivity contribution in [1.29, 1.82) is 0 Å². The number of nitrogens with zero attached hydrogens (tertiary/aromatic N) is 5. The maximum Gasteiger partial charge on any atom is 0.180 e. The van der Waals surface area contributed by atoms with Gasteiger partial charge in [-0.1, -0.05) is 11.3 Å². The Hall–Kier alpha value is -2.48. The van der Waals surface area contributed by atoms with Crippen LogP contribution in [-0.4, -0.2) is 24.5 Å². The van der Waals surface area contributed by atoms with Crippen LogP contribution < -0.4 is 11.1 Å². The molecule has 3 aromatic heterocycles. The van der Waals surface area contributed by atoms with Crippen LogP contribution in [0.25, 0.3) is 10.7 Å². The molecule has 108 valence electrons. The second-order valence-corrected chi connectivity index (χ2v) is 6.04. The molecule has 0 saturated carbocycles. The Kier molecular flexibility index (Phi) is 3.30. The molecule has 0 saturated heterocycles. The molecule has 0 spiro atoms. The third kappa shape index (κ3) is 2.84. The number of hydrogen-bond donors (Lipinski definition) is 2. The minimum atomic E-state index is -0.352. The summed E-state index contributed by atoms with van der Waals surface area (Å²) in [4.78, 5) is 17.7. The Morgan fingerprint density at radius 1 is 1.29 bits per heavy atom. The number of anilines is 2. The molecule has 0 aliphatic carbocycles. The average molecular weight is 301 g/mol. The zero-order valence-corrected chi connectivity index (χ0v) is 12.5. The summed E-state index contributed by atoms with van der Waals surface area (Å²) in [5.41, 5.74) is 5.29. The van der Waals surface area contributed by atoms with Crippen molar-refractivity contribution in [3.05, 3.63) is 37.2 Å². The number of thiazole rings is 1. The minimum Gasteiger partial charge on any atom is -0.375 e. The van der Waals surface area contributed by atoms with Crippen LogP contribution in [0.15, 0.2) is 37.2 Å². The molecule has 3 heterocycles. The van der Waals surface area contributed by atoms with Crippen molar-refractivity contribution in [3.8, 4) is 10.7 Å². The molecule has 0 aromatic carbocycles. The molecule has 8 heteroatoms. The first-order valence-electron chi connectivity index (χ1n) is 6.36. The van der Waals surface area contributed by atoms with Gasteiger partial charge in [0.05, 0.1) is 17.4 Å². The van der Waals surface area contributed by atoms with E-state index in [1.165, 1.54) is 11.3 Å². The normalized spacial score (nSPS) is 11.5. The van der Waals surface area contributed by atoms with Crippen molar-refractivity contribution in [1.82, 2.24) is 24.5 Å². The van der Waals surface area contributed by atoms with Crippen LogP contribution in [0.5, 0.6) is 0 Å². The fourth-order valence-corrected chi connectivity index (χ4v) is 2.53. The highest BCUT2D eigenvalue weighted by Crippen LogP contribution is 2.25. The summed E-state index contributed by atoms with van der Waals surface area (Å²) in [5.74, 6) is 1.33. The summed E-state index contributed by atoms with van der Waals surface area (Å²) < 4.78 is 1.97. The molecule has 0 aliphatic rings. The second kappa shape index (κ2) is 5.13. The van der Waals surface area contributed by atoms with Gasteiger partial charge in [-0.05, 0) is 19.9 Å². The first-order valence-corrected chi connectivity index (χ1v) is 7.17. The number of rotatable bonds is 4. The molecule has 0 fully saturated rings. The summed E-state index contributed by atoms with van der Waals surface area (Å²) in [7, 11) is 0. The van der Waals surface area contributed by atoms with Crippen LogP contribution in [0, 0.1) is 0 Å². The van der Waals surface area contributed by atoms with Gasteiger partial charge in [-0.2, -0.15) is 0 Å². The number of nitrogens with two attached hydrogens (primary N) is 1. The van der Waals surface area contributed by atoms with E-state index < -0.39 is 0 Å². The SMILES string of the molecule is CC(C)(Nc1ccnc(-c2cnc(N)s2)n1)n1ccnc1. The van der Waals surface area contributed by atoms with Gasteiger partial charge in [0.15, 0.2) is 11.0 Å². The molecular weight excluding hydrogens is 286 g/mol. The van der Waals surface area contributed by atoms with Crippen LogP contribution in [0.2, 0.25) is 0 Å². The largest absolute Gasteiger partial charge is 0.375 e. The van der Waals surface area contributed by atoms with Gasteiger partial charge in [0, 0.05) is 18.6 Å². The Labute approximate surface area is 125 Å². The van der Waals surface area contributed by atoms with Crippen LogP contribution in [0.3, 0.4) is 0 Å². The van der Waals surface area contributed by atoms with E-state index in [1.807, 2.05) is 30.7 Å². The van der Waals surface area contributed by atoms with E-state index in [1.54, 1.807) is 24.9 Å². The number of imidazole rings is 1. The van der Waals surface area contributed by atoms with Crippen molar-refractivity contribution in [2.75, 3.05) is 11.1 Å². The van der Waals surface area contributed by atoms with Gasteiger partial charge in [-0.3, -0.25) is 0 Å². The topological polar surface area (TPSA) is 94.5 Å². The number of nitrogens with one attached hydrogen (secondary N) is 1. The third-order valence-corrected chi connectivity index (χ3v) is 3.81. The Morgan fingerprint density at radius 3 is 2.81 bits per heavy atom. The summed E-state index contributed by atoms with van der Waals surface area (Å²) in [6.07, 6.45) is 8.80. The van der Waals surface area contributed by atoms with Crippen molar-refractivity contribution < 1.29 is 0 Å². The van der Waals surface area contributed by atoms with Gasteiger partial charge in [0.1, 0.15) is 11.5 Å². The first kappa shape index (κ1) is 13.5. The van der Waals surface area contributed by atoms with E-state index in [0.29, 0.717) is 11.0 Å². The maximum atomic E-state index is 5.65. The molecule has 3 rings (SSSR count). The molecule has 0 bridgehead atoms. The third-order valence-electron chi connectivity index (χ3n) is 2.98. The monoisotopic (exact) mass is 301 g/mol. The molecule has 0 radical (unpaired) electrons. The predicted molar refractivity (Wildman–Crippen MR) is 82.7 cm³/mol. The van der Waals surface area contributed by atoms with Crippen molar-refractivity contribution >= 4 is 22.3 Å². The Bertz CT molecular complexity index is 733. The van der Waals surface area contributed by atoms with E-state index in [0.717, 1.165) is 10.7 Å². The van der Waals surface area contributed by atoms with E-state index in [4.69, 9.17) is 5.73 Å². The summed E-state index contributed by atoms with van der Waals surface area (Å²) in [6, 6.07) is 1.83. The Balaban J connectivity index is 1.87. The van der Waals surface area contributed by atoms with Gasteiger partial charge in [-0.15, -0.1) is 0 Å². The highest BCUT2D eigenvalue weighted by atomic mass is 32.1. The molecule has 0 amide bonds. The highest BCUT2D eigenvalue weighted by Gasteiger charge is 2.19.